The van der Waals surface area contributed by atoms with E-state index in [1.807, 2.05) is 6.20 Å². The maximum absolute atomic E-state index is 4.31. The Morgan fingerprint density at radius 3 is 2.73 bits per heavy atom. The van der Waals surface area contributed by atoms with Crippen LogP contribution in [0.25, 0.3) is 0 Å². The summed E-state index contributed by atoms with van der Waals surface area (Å²) in [4.78, 5) is 7.48. The number of H-pyrrole nitrogens is 1. The van der Waals surface area contributed by atoms with Gasteiger partial charge in [0.15, 0.2) is 0 Å². The Morgan fingerprint density at radius 2 is 2.07 bits per heavy atom. The second-order valence-corrected chi connectivity index (χ2v) is 4.06. The Balaban J connectivity index is 2.41. The van der Waals surface area contributed by atoms with Crippen LogP contribution in [0.3, 0.4) is 0 Å². The van der Waals surface area contributed by atoms with Crippen molar-refractivity contribution >= 4 is 0 Å². The molecule has 0 radical (unpaired) electrons. The van der Waals surface area contributed by atoms with E-state index < -0.39 is 0 Å². The standard InChI is InChI=1S/C13H16N2/c1-9-4-5-10(2)12(8-9)11(3)13-14-6-7-15-13/h4-8,11H,1-3H3,(H,14,15)/t11-/m0/s1. The van der Waals surface area contributed by atoms with Gasteiger partial charge in [0, 0.05) is 18.3 Å². The Morgan fingerprint density at radius 1 is 1.27 bits per heavy atom. The zero-order chi connectivity index (χ0) is 10.8. The van der Waals surface area contributed by atoms with Crippen molar-refractivity contribution in [1.29, 1.82) is 0 Å². The molecule has 0 amide bonds. The highest BCUT2D eigenvalue weighted by Crippen LogP contribution is 2.24. The maximum Gasteiger partial charge on any atom is 0.113 e. The molecule has 0 saturated carbocycles. The molecule has 78 valence electrons. The van der Waals surface area contributed by atoms with Gasteiger partial charge in [-0.2, -0.15) is 0 Å². The van der Waals surface area contributed by atoms with Crippen molar-refractivity contribution in [1.82, 2.24) is 9.97 Å². The number of nitrogens with one attached hydrogen (secondary N) is 1. The second kappa shape index (κ2) is 3.89. The van der Waals surface area contributed by atoms with E-state index in [4.69, 9.17) is 0 Å². The highest BCUT2D eigenvalue weighted by Gasteiger charge is 2.12. The van der Waals surface area contributed by atoms with E-state index >= 15 is 0 Å². The number of hydrogen-bond donors (Lipinski definition) is 1. The van der Waals surface area contributed by atoms with Crippen LogP contribution in [-0.4, -0.2) is 9.97 Å². The fourth-order valence-electron chi connectivity index (χ4n) is 1.89. The Kier molecular flexibility index (Phi) is 2.58. The van der Waals surface area contributed by atoms with Gasteiger partial charge in [-0.3, -0.25) is 0 Å². The second-order valence-electron chi connectivity index (χ2n) is 4.06. The number of benzene rings is 1. The molecule has 1 aromatic heterocycles. The number of nitrogens with zero attached hydrogens (tertiary/aromatic N) is 1. The summed E-state index contributed by atoms with van der Waals surface area (Å²) in [6, 6.07) is 6.56. The Hall–Kier alpha value is -1.57. The van der Waals surface area contributed by atoms with E-state index in [0.29, 0.717) is 5.92 Å². The van der Waals surface area contributed by atoms with Crippen LogP contribution in [0.4, 0.5) is 0 Å². The van der Waals surface area contributed by atoms with Crippen molar-refractivity contribution < 1.29 is 0 Å². The van der Waals surface area contributed by atoms with Gasteiger partial charge < -0.3 is 4.98 Å². The van der Waals surface area contributed by atoms with Gasteiger partial charge in [0.05, 0.1) is 0 Å². The van der Waals surface area contributed by atoms with Gasteiger partial charge >= 0.3 is 0 Å². The van der Waals surface area contributed by atoms with E-state index in [0.717, 1.165) is 5.82 Å². The van der Waals surface area contributed by atoms with Gasteiger partial charge in [0.1, 0.15) is 5.82 Å². The molecule has 0 aliphatic heterocycles. The van der Waals surface area contributed by atoms with Gasteiger partial charge in [-0.15, -0.1) is 0 Å². The average Bonchev–Trinajstić information content (AvgIpc) is 2.74. The first-order chi connectivity index (χ1) is 7.18. The smallest absolute Gasteiger partial charge is 0.113 e. The van der Waals surface area contributed by atoms with E-state index in [1.54, 1.807) is 6.20 Å². The lowest BCUT2D eigenvalue weighted by atomic mass is 9.94. The minimum absolute atomic E-state index is 0.333. The molecule has 0 fully saturated rings. The molecule has 0 bridgehead atoms. The highest BCUT2D eigenvalue weighted by atomic mass is 14.9. The Labute approximate surface area is 90.4 Å². The third-order valence-electron chi connectivity index (χ3n) is 2.83. The number of aryl methyl sites for hydroxylation is 2. The molecule has 1 aromatic carbocycles. The van der Waals surface area contributed by atoms with Crippen molar-refractivity contribution in [2.75, 3.05) is 0 Å². The van der Waals surface area contributed by atoms with Gasteiger partial charge in [0.25, 0.3) is 0 Å². The van der Waals surface area contributed by atoms with Crippen molar-refractivity contribution in [3.63, 3.8) is 0 Å². The molecular weight excluding hydrogens is 184 g/mol. The molecule has 0 unspecified atom stereocenters. The summed E-state index contributed by atoms with van der Waals surface area (Å²) in [5.41, 5.74) is 3.98. The van der Waals surface area contributed by atoms with Gasteiger partial charge in [-0.25, -0.2) is 4.98 Å². The zero-order valence-electron chi connectivity index (χ0n) is 9.41. The fourth-order valence-corrected chi connectivity index (χ4v) is 1.89. The third-order valence-corrected chi connectivity index (χ3v) is 2.83. The van der Waals surface area contributed by atoms with Crippen molar-refractivity contribution in [3.8, 4) is 0 Å². The lowest BCUT2D eigenvalue weighted by Crippen LogP contribution is -2.01. The topological polar surface area (TPSA) is 28.7 Å². The molecule has 2 aromatic rings. The normalized spacial score (nSPS) is 12.7. The van der Waals surface area contributed by atoms with Crippen LogP contribution in [0.15, 0.2) is 30.6 Å². The minimum Gasteiger partial charge on any atom is -0.348 e. The van der Waals surface area contributed by atoms with E-state index in [1.165, 1.54) is 16.7 Å². The molecule has 0 aliphatic rings. The summed E-state index contributed by atoms with van der Waals surface area (Å²) in [6.45, 7) is 6.45. The quantitative estimate of drug-likeness (QED) is 0.792. The zero-order valence-corrected chi connectivity index (χ0v) is 9.41. The van der Waals surface area contributed by atoms with Crippen molar-refractivity contribution in [2.24, 2.45) is 0 Å². The molecule has 1 heterocycles. The maximum atomic E-state index is 4.31. The summed E-state index contributed by atoms with van der Waals surface area (Å²) in [7, 11) is 0. The molecule has 0 aliphatic carbocycles. The summed E-state index contributed by atoms with van der Waals surface area (Å²) in [5.74, 6) is 1.36. The SMILES string of the molecule is Cc1ccc(C)c([C@H](C)c2ncc[nH]2)c1. The number of hydrogen-bond acceptors (Lipinski definition) is 1. The summed E-state index contributed by atoms with van der Waals surface area (Å²) in [5, 5.41) is 0. The number of aromatic nitrogens is 2. The van der Waals surface area contributed by atoms with Crippen molar-refractivity contribution in [2.45, 2.75) is 26.7 Å². The Bertz CT molecular complexity index is 444. The van der Waals surface area contributed by atoms with Crippen molar-refractivity contribution in [3.05, 3.63) is 53.1 Å². The number of imidazole rings is 1. The van der Waals surface area contributed by atoms with Crippen LogP contribution >= 0.6 is 0 Å². The molecule has 2 rings (SSSR count). The first-order valence-corrected chi connectivity index (χ1v) is 5.25. The number of rotatable bonds is 2. The summed E-state index contributed by atoms with van der Waals surface area (Å²) >= 11 is 0. The number of aromatic amines is 1. The largest absolute Gasteiger partial charge is 0.348 e. The molecule has 2 nitrogen and oxygen atoms in total. The molecule has 0 spiro atoms. The van der Waals surface area contributed by atoms with Crippen LogP contribution in [0.2, 0.25) is 0 Å². The fraction of sp³-hybridized carbons (Fsp3) is 0.308. The molecule has 0 saturated heterocycles. The van der Waals surface area contributed by atoms with E-state index in [2.05, 4.69) is 48.9 Å². The summed E-state index contributed by atoms with van der Waals surface area (Å²) < 4.78 is 0. The summed E-state index contributed by atoms with van der Waals surface area (Å²) in [6.07, 6.45) is 3.67. The van der Waals surface area contributed by atoms with Crippen LogP contribution < -0.4 is 0 Å². The third kappa shape index (κ3) is 1.94. The molecular formula is C13H16N2. The first kappa shape index (κ1) is 9.97. The molecule has 15 heavy (non-hydrogen) atoms. The average molecular weight is 200 g/mol. The molecule has 1 N–H and O–H groups in total. The lowest BCUT2D eigenvalue weighted by molar-refractivity contribution is 0.831. The lowest BCUT2D eigenvalue weighted by Gasteiger charge is -2.13. The highest BCUT2D eigenvalue weighted by molar-refractivity contribution is 5.35. The van der Waals surface area contributed by atoms with Crippen LogP contribution in [0.5, 0.6) is 0 Å². The predicted molar refractivity (Wildman–Crippen MR) is 62.0 cm³/mol. The van der Waals surface area contributed by atoms with E-state index in [9.17, 15) is 0 Å². The van der Waals surface area contributed by atoms with Gasteiger partial charge in [-0.05, 0) is 25.0 Å². The van der Waals surface area contributed by atoms with Crippen LogP contribution in [0, 0.1) is 13.8 Å². The minimum atomic E-state index is 0.333. The predicted octanol–water partition coefficient (Wildman–Crippen LogP) is 3.18. The van der Waals surface area contributed by atoms with Crippen LogP contribution in [-0.2, 0) is 0 Å². The molecule has 1 atom stereocenters. The van der Waals surface area contributed by atoms with E-state index in [-0.39, 0.29) is 0 Å². The molecule has 2 heteroatoms. The van der Waals surface area contributed by atoms with Gasteiger partial charge in [-0.1, -0.05) is 30.7 Å². The first-order valence-electron chi connectivity index (χ1n) is 5.25. The van der Waals surface area contributed by atoms with Crippen LogP contribution in [0.1, 0.15) is 35.4 Å². The monoisotopic (exact) mass is 200 g/mol. The van der Waals surface area contributed by atoms with Gasteiger partial charge in [0.2, 0.25) is 0 Å².